The van der Waals surface area contributed by atoms with Gasteiger partial charge >= 0.3 is 0 Å². The highest BCUT2D eigenvalue weighted by Crippen LogP contribution is 2.27. The quantitative estimate of drug-likeness (QED) is 0.426. The van der Waals surface area contributed by atoms with E-state index in [4.69, 9.17) is 4.74 Å². The number of carbonyl (C=O) groups is 4. The highest BCUT2D eigenvalue weighted by molar-refractivity contribution is 6.21. The monoisotopic (exact) mass is 490 g/mol. The zero-order chi connectivity index (χ0) is 25.7. The maximum atomic E-state index is 13.5. The lowest BCUT2D eigenvalue weighted by Gasteiger charge is -2.34. The summed E-state index contributed by atoms with van der Waals surface area (Å²) in [6, 6.07) is 11.9. The summed E-state index contributed by atoms with van der Waals surface area (Å²) in [5.41, 5.74) is 1.83. The summed E-state index contributed by atoms with van der Waals surface area (Å²) in [6.45, 7) is 8.69. The predicted molar refractivity (Wildman–Crippen MR) is 134 cm³/mol. The highest BCUT2D eigenvalue weighted by atomic mass is 16.5. The summed E-state index contributed by atoms with van der Waals surface area (Å²) in [5.74, 6) is -0.483. The first-order valence-corrected chi connectivity index (χ1v) is 12.0. The number of fused-ring (bicyclic) bond motifs is 1. The normalized spacial score (nSPS) is 15.6. The second-order valence-electron chi connectivity index (χ2n) is 8.67. The molecule has 0 aromatic heterocycles. The molecule has 2 heterocycles. The lowest BCUT2D eigenvalue weighted by atomic mass is 10.1. The van der Waals surface area contributed by atoms with Crippen molar-refractivity contribution in [2.75, 3.05) is 45.9 Å². The molecule has 0 aliphatic carbocycles. The van der Waals surface area contributed by atoms with E-state index in [0.717, 1.165) is 0 Å². The molecular formula is C27H30N4O5. The molecule has 1 saturated heterocycles. The van der Waals surface area contributed by atoms with Crippen LogP contribution in [0.1, 0.15) is 43.6 Å². The van der Waals surface area contributed by atoms with E-state index < -0.39 is 0 Å². The minimum atomic E-state index is -0.342. The molecule has 0 spiro atoms. The van der Waals surface area contributed by atoms with Crippen molar-refractivity contribution in [1.82, 2.24) is 20.0 Å². The number of nitrogens with zero attached hydrogens (tertiary/aromatic N) is 3. The fourth-order valence-electron chi connectivity index (χ4n) is 4.41. The van der Waals surface area contributed by atoms with Crippen LogP contribution in [0, 0.1) is 0 Å². The molecule has 0 radical (unpaired) electrons. The van der Waals surface area contributed by atoms with E-state index in [2.05, 4.69) is 11.9 Å². The Morgan fingerprint density at radius 3 is 2.31 bits per heavy atom. The molecule has 2 aromatic carbocycles. The molecule has 4 amide bonds. The summed E-state index contributed by atoms with van der Waals surface area (Å²) >= 11 is 0. The van der Waals surface area contributed by atoms with Crippen LogP contribution in [0.5, 0.6) is 5.75 Å². The van der Waals surface area contributed by atoms with Crippen LogP contribution in [-0.4, -0.2) is 84.2 Å². The second-order valence-corrected chi connectivity index (χ2v) is 8.67. The summed E-state index contributed by atoms with van der Waals surface area (Å²) in [7, 11) is 0. The molecule has 4 rings (SSSR count). The van der Waals surface area contributed by atoms with Gasteiger partial charge in [-0.3, -0.25) is 29.0 Å². The average Bonchev–Trinajstić information content (AvgIpc) is 3.13. The molecule has 2 aliphatic rings. The van der Waals surface area contributed by atoms with Crippen LogP contribution >= 0.6 is 0 Å². The Labute approximate surface area is 210 Å². The number of nitrogens with one attached hydrogen (secondary N) is 1. The van der Waals surface area contributed by atoms with Crippen molar-refractivity contribution >= 4 is 23.6 Å². The molecule has 9 nitrogen and oxygen atoms in total. The Kier molecular flexibility index (Phi) is 7.80. The van der Waals surface area contributed by atoms with E-state index in [0.29, 0.717) is 67.3 Å². The Hall–Kier alpha value is -3.98. The van der Waals surface area contributed by atoms with Crippen molar-refractivity contribution in [1.29, 1.82) is 0 Å². The fourth-order valence-corrected chi connectivity index (χ4v) is 4.41. The van der Waals surface area contributed by atoms with Crippen LogP contribution < -0.4 is 10.1 Å². The maximum absolute atomic E-state index is 13.5. The maximum Gasteiger partial charge on any atom is 0.261 e. The third-order valence-electron chi connectivity index (χ3n) is 6.26. The SMILES string of the molecule is C=CCNC(=O)CN1CCN(C(=O)c2cc(CN3C(=O)c4ccccc4C3=O)ccc2OCC)CC1. The first kappa shape index (κ1) is 25.1. The lowest BCUT2D eigenvalue weighted by Crippen LogP contribution is -2.51. The molecule has 188 valence electrons. The molecule has 2 aromatic rings. The van der Waals surface area contributed by atoms with Crippen molar-refractivity contribution in [2.45, 2.75) is 13.5 Å². The first-order chi connectivity index (χ1) is 17.4. The lowest BCUT2D eigenvalue weighted by molar-refractivity contribution is -0.122. The first-order valence-electron chi connectivity index (χ1n) is 12.0. The van der Waals surface area contributed by atoms with Gasteiger partial charge in [-0.05, 0) is 36.8 Å². The number of rotatable bonds is 9. The van der Waals surface area contributed by atoms with Gasteiger partial charge in [-0.2, -0.15) is 0 Å². The van der Waals surface area contributed by atoms with Crippen LogP contribution in [0.3, 0.4) is 0 Å². The van der Waals surface area contributed by atoms with Gasteiger partial charge in [-0.1, -0.05) is 24.3 Å². The third kappa shape index (κ3) is 5.31. The second kappa shape index (κ2) is 11.2. The summed E-state index contributed by atoms with van der Waals surface area (Å²) in [6.07, 6.45) is 1.63. The molecule has 1 fully saturated rings. The van der Waals surface area contributed by atoms with Gasteiger partial charge < -0.3 is 15.0 Å². The van der Waals surface area contributed by atoms with Crippen LogP contribution in [0.25, 0.3) is 0 Å². The highest BCUT2D eigenvalue weighted by Gasteiger charge is 2.35. The standard InChI is InChI=1S/C27H30N4O5/c1-3-11-28-24(32)18-29-12-14-30(15-13-29)25(33)22-16-19(9-10-23(22)36-4-2)17-31-26(34)20-7-5-6-8-21(20)27(31)35/h3,5-10,16H,1,4,11-15,17-18H2,2H3,(H,28,32). The number of hydrogen-bond acceptors (Lipinski definition) is 6. The van der Waals surface area contributed by atoms with Gasteiger partial charge in [-0.15, -0.1) is 6.58 Å². The summed E-state index contributed by atoms with van der Waals surface area (Å²) in [5, 5.41) is 2.76. The van der Waals surface area contributed by atoms with Crippen molar-refractivity contribution in [3.63, 3.8) is 0 Å². The topological polar surface area (TPSA) is 99.3 Å². The van der Waals surface area contributed by atoms with Crippen LogP contribution in [0.15, 0.2) is 55.1 Å². The summed E-state index contributed by atoms with van der Waals surface area (Å²) in [4.78, 5) is 55.9. The number of ether oxygens (including phenoxy) is 1. The van der Waals surface area contributed by atoms with Crippen LogP contribution in [-0.2, 0) is 11.3 Å². The number of amides is 4. The fraction of sp³-hybridized carbons (Fsp3) is 0.333. The number of hydrogen-bond donors (Lipinski definition) is 1. The van der Waals surface area contributed by atoms with Crippen molar-refractivity contribution in [3.05, 3.63) is 77.4 Å². The predicted octanol–water partition coefficient (Wildman–Crippen LogP) is 1.94. The van der Waals surface area contributed by atoms with Gasteiger partial charge in [0.15, 0.2) is 0 Å². The molecule has 1 N–H and O–H groups in total. The van der Waals surface area contributed by atoms with Gasteiger partial charge in [-0.25, -0.2) is 0 Å². The van der Waals surface area contributed by atoms with Gasteiger partial charge in [0.2, 0.25) is 5.91 Å². The zero-order valence-corrected chi connectivity index (χ0v) is 20.4. The number of imide groups is 1. The molecule has 9 heteroatoms. The van der Waals surface area contributed by atoms with Gasteiger partial charge in [0.1, 0.15) is 5.75 Å². The molecule has 0 bridgehead atoms. The van der Waals surface area contributed by atoms with Gasteiger partial charge in [0, 0.05) is 32.7 Å². The minimum Gasteiger partial charge on any atom is -0.493 e. The van der Waals surface area contributed by atoms with E-state index in [1.807, 2.05) is 11.8 Å². The minimum absolute atomic E-state index is 0.0621. The van der Waals surface area contributed by atoms with Crippen molar-refractivity contribution in [2.24, 2.45) is 0 Å². The number of piperazine rings is 1. The van der Waals surface area contributed by atoms with Crippen LogP contribution in [0.4, 0.5) is 0 Å². The third-order valence-corrected chi connectivity index (χ3v) is 6.26. The van der Waals surface area contributed by atoms with E-state index in [-0.39, 0.29) is 36.7 Å². The molecular weight excluding hydrogens is 460 g/mol. The van der Waals surface area contributed by atoms with Crippen LogP contribution in [0.2, 0.25) is 0 Å². The number of benzene rings is 2. The van der Waals surface area contributed by atoms with Gasteiger partial charge in [0.25, 0.3) is 17.7 Å². The number of carbonyl (C=O) groups excluding carboxylic acids is 4. The Morgan fingerprint density at radius 1 is 1.03 bits per heavy atom. The molecule has 0 saturated carbocycles. The molecule has 2 aliphatic heterocycles. The molecule has 36 heavy (non-hydrogen) atoms. The Balaban J connectivity index is 1.46. The largest absolute Gasteiger partial charge is 0.493 e. The van der Waals surface area contributed by atoms with Gasteiger partial charge in [0.05, 0.1) is 36.4 Å². The molecule has 0 atom stereocenters. The summed E-state index contributed by atoms with van der Waals surface area (Å²) < 4.78 is 5.71. The zero-order valence-electron chi connectivity index (χ0n) is 20.4. The Morgan fingerprint density at radius 2 is 1.69 bits per heavy atom. The molecule has 0 unspecified atom stereocenters. The average molecular weight is 491 g/mol. The van der Waals surface area contributed by atoms with E-state index in [9.17, 15) is 19.2 Å². The van der Waals surface area contributed by atoms with Crippen molar-refractivity contribution in [3.8, 4) is 5.75 Å². The van der Waals surface area contributed by atoms with Crippen molar-refractivity contribution < 1.29 is 23.9 Å². The Bertz CT molecular complexity index is 1150. The van der Waals surface area contributed by atoms with E-state index >= 15 is 0 Å². The smallest absolute Gasteiger partial charge is 0.261 e. The van der Waals surface area contributed by atoms with E-state index in [1.165, 1.54) is 4.90 Å². The van der Waals surface area contributed by atoms with E-state index in [1.54, 1.807) is 53.4 Å².